The van der Waals surface area contributed by atoms with Crippen LogP contribution in [0, 0.1) is 0 Å². The Morgan fingerprint density at radius 1 is 1.45 bits per heavy atom. The van der Waals surface area contributed by atoms with Crippen molar-refractivity contribution in [2.45, 2.75) is 0 Å². The average molecular weight is 206 g/mol. The molecule has 0 aliphatic rings. The monoisotopic (exact) mass is 205 g/mol. The Morgan fingerprint density at radius 2 is 2.18 bits per heavy atom. The summed E-state index contributed by atoms with van der Waals surface area (Å²) in [6.07, 6.45) is 0. The lowest BCUT2D eigenvalue weighted by molar-refractivity contribution is 1.15. The number of hydrogen-bond donors (Lipinski definition) is 0. The molecule has 56 valence electrons. The van der Waals surface area contributed by atoms with E-state index in [4.69, 9.17) is 23.2 Å². The van der Waals surface area contributed by atoms with Crippen molar-refractivity contribution in [1.29, 1.82) is 0 Å². The summed E-state index contributed by atoms with van der Waals surface area (Å²) < 4.78 is 0. The lowest BCUT2D eigenvalue weighted by atomic mass is 10.6. The maximum atomic E-state index is 5.53. The van der Waals surface area contributed by atoms with Crippen molar-refractivity contribution in [3.8, 4) is 0 Å². The summed E-state index contributed by atoms with van der Waals surface area (Å²) >= 11 is 15.3. The normalized spacial score (nSPS) is 8.91. The first kappa shape index (κ1) is 8.56. The van der Waals surface area contributed by atoms with Crippen LogP contribution in [0.25, 0.3) is 0 Å². The number of aromatic nitrogens is 2. The van der Waals surface area contributed by atoms with Crippen molar-refractivity contribution in [2.24, 2.45) is 4.99 Å². The maximum absolute atomic E-state index is 5.53. The zero-order valence-electron chi connectivity index (χ0n) is 5.08. The van der Waals surface area contributed by atoms with Gasteiger partial charge in [0.05, 0.1) is 5.16 Å². The van der Waals surface area contributed by atoms with Gasteiger partial charge in [0.25, 0.3) is 0 Å². The van der Waals surface area contributed by atoms with Gasteiger partial charge >= 0.3 is 0 Å². The Kier molecular flexibility index (Phi) is 2.91. The third-order valence-corrected chi connectivity index (χ3v) is 1.27. The quantitative estimate of drug-likeness (QED) is 0.306. The summed E-state index contributed by atoms with van der Waals surface area (Å²) in [6, 6.07) is 1.44. The second kappa shape index (κ2) is 3.74. The topological polar surface area (TPSA) is 38.1 Å². The van der Waals surface area contributed by atoms with E-state index in [0.29, 0.717) is 5.82 Å². The van der Waals surface area contributed by atoms with Gasteiger partial charge in [0.15, 0.2) is 5.82 Å². The van der Waals surface area contributed by atoms with Gasteiger partial charge in [-0.05, 0) is 23.8 Å². The number of hydrogen-bond acceptors (Lipinski definition) is 4. The van der Waals surface area contributed by atoms with Crippen molar-refractivity contribution in [2.75, 3.05) is 0 Å². The number of nitrogens with zero attached hydrogens (tertiary/aromatic N) is 3. The van der Waals surface area contributed by atoms with Crippen LogP contribution in [0.2, 0.25) is 10.4 Å². The highest BCUT2D eigenvalue weighted by Gasteiger charge is 1.97. The molecule has 0 fully saturated rings. The van der Waals surface area contributed by atoms with Crippen molar-refractivity contribution < 1.29 is 0 Å². The zero-order valence-corrected chi connectivity index (χ0v) is 7.41. The predicted octanol–water partition coefficient (Wildman–Crippen LogP) is 2.52. The van der Waals surface area contributed by atoms with Gasteiger partial charge in [-0.2, -0.15) is 9.98 Å². The number of aliphatic imine (C=N–C) groups is 1. The molecule has 0 radical (unpaired) electrons. The molecule has 0 aliphatic heterocycles. The molecule has 1 heterocycles. The summed E-state index contributed by atoms with van der Waals surface area (Å²) in [5, 5.41) is 2.41. The van der Waals surface area contributed by atoms with Crippen molar-refractivity contribution in [3.05, 3.63) is 16.5 Å². The Labute approximate surface area is 78.1 Å². The van der Waals surface area contributed by atoms with Crippen LogP contribution in [0.5, 0.6) is 0 Å². The minimum atomic E-state index is 0.0431. The van der Waals surface area contributed by atoms with E-state index in [9.17, 15) is 0 Å². The van der Waals surface area contributed by atoms with E-state index >= 15 is 0 Å². The first-order valence-corrected chi connectivity index (χ1v) is 3.67. The summed E-state index contributed by atoms with van der Waals surface area (Å²) in [7, 11) is 0. The van der Waals surface area contributed by atoms with E-state index in [1.807, 2.05) is 0 Å². The molecule has 0 unspecified atom stereocenters. The number of thiocarbonyl (C=S) groups is 1. The molecule has 0 saturated heterocycles. The van der Waals surface area contributed by atoms with Crippen LogP contribution in [0.1, 0.15) is 0 Å². The van der Waals surface area contributed by atoms with Crippen LogP contribution in [0.4, 0.5) is 5.82 Å². The van der Waals surface area contributed by atoms with Crippen molar-refractivity contribution in [1.82, 2.24) is 9.97 Å². The number of isothiocyanates is 1. The Bertz CT molecular complexity index is 301. The first-order valence-electron chi connectivity index (χ1n) is 2.50. The SMILES string of the molecule is S=C=Nc1cc(Cl)nc(Cl)n1. The van der Waals surface area contributed by atoms with Crippen LogP contribution in [0.3, 0.4) is 0 Å². The summed E-state index contributed by atoms with van der Waals surface area (Å²) in [6.45, 7) is 0. The second-order valence-electron chi connectivity index (χ2n) is 1.52. The minimum Gasteiger partial charge on any atom is -0.206 e. The Morgan fingerprint density at radius 3 is 2.73 bits per heavy atom. The molecule has 0 spiro atoms. The third kappa shape index (κ3) is 2.52. The van der Waals surface area contributed by atoms with Gasteiger partial charge in [-0.3, -0.25) is 0 Å². The lowest BCUT2D eigenvalue weighted by Crippen LogP contribution is -1.81. The van der Waals surface area contributed by atoms with Crippen LogP contribution in [0.15, 0.2) is 11.1 Å². The van der Waals surface area contributed by atoms with E-state index in [1.54, 1.807) is 0 Å². The van der Waals surface area contributed by atoms with E-state index < -0.39 is 0 Å². The van der Waals surface area contributed by atoms with E-state index in [0.717, 1.165) is 0 Å². The molecule has 0 N–H and O–H groups in total. The fourth-order valence-corrected chi connectivity index (χ4v) is 0.975. The van der Waals surface area contributed by atoms with E-state index in [2.05, 4.69) is 32.3 Å². The molecular formula is C5HCl2N3S. The van der Waals surface area contributed by atoms with E-state index in [1.165, 1.54) is 6.07 Å². The standard InChI is InChI=1S/C5HCl2N3S/c6-3-1-4(8-2-11)10-5(7)9-3/h1H. The second-order valence-corrected chi connectivity index (χ2v) is 2.43. The molecule has 0 atom stereocenters. The van der Waals surface area contributed by atoms with Crippen LogP contribution < -0.4 is 0 Å². The Balaban J connectivity index is 3.18. The van der Waals surface area contributed by atoms with Gasteiger partial charge in [0, 0.05) is 6.07 Å². The highest BCUT2D eigenvalue weighted by Crippen LogP contribution is 2.15. The lowest BCUT2D eigenvalue weighted by Gasteiger charge is -1.91. The molecule has 1 aromatic rings. The number of halogens is 2. The Hall–Kier alpha value is -0.540. The highest BCUT2D eigenvalue weighted by molar-refractivity contribution is 7.78. The largest absolute Gasteiger partial charge is 0.225 e. The van der Waals surface area contributed by atoms with Gasteiger partial charge in [0.2, 0.25) is 5.28 Å². The fourth-order valence-electron chi connectivity index (χ4n) is 0.483. The van der Waals surface area contributed by atoms with Gasteiger partial charge < -0.3 is 0 Å². The summed E-state index contributed by atoms with van der Waals surface area (Å²) in [4.78, 5) is 10.9. The van der Waals surface area contributed by atoms with Gasteiger partial charge in [-0.15, -0.1) is 0 Å². The highest BCUT2D eigenvalue weighted by atomic mass is 35.5. The fraction of sp³-hybridized carbons (Fsp3) is 0. The van der Waals surface area contributed by atoms with Crippen LogP contribution in [-0.4, -0.2) is 15.1 Å². The molecule has 1 rings (SSSR count). The molecule has 11 heavy (non-hydrogen) atoms. The molecule has 0 aromatic carbocycles. The van der Waals surface area contributed by atoms with Crippen LogP contribution >= 0.6 is 35.4 Å². The molecule has 0 amide bonds. The molecular weight excluding hydrogens is 205 g/mol. The average Bonchev–Trinajstić information content (AvgIpc) is 1.85. The maximum Gasteiger partial charge on any atom is 0.225 e. The molecule has 3 nitrogen and oxygen atoms in total. The van der Waals surface area contributed by atoms with Crippen molar-refractivity contribution in [3.63, 3.8) is 0 Å². The molecule has 0 saturated carbocycles. The summed E-state index contributed by atoms with van der Waals surface area (Å²) in [5.74, 6) is 0.310. The van der Waals surface area contributed by atoms with E-state index in [-0.39, 0.29) is 10.4 Å². The summed E-state index contributed by atoms with van der Waals surface area (Å²) in [5.41, 5.74) is 0. The third-order valence-electron chi connectivity index (χ3n) is 0.814. The first-order chi connectivity index (χ1) is 5.22. The molecule has 1 aromatic heterocycles. The van der Waals surface area contributed by atoms with Gasteiger partial charge in [-0.1, -0.05) is 11.6 Å². The smallest absolute Gasteiger partial charge is 0.206 e. The van der Waals surface area contributed by atoms with Gasteiger partial charge in [0.1, 0.15) is 5.15 Å². The van der Waals surface area contributed by atoms with Gasteiger partial charge in [-0.25, -0.2) is 4.98 Å². The molecule has 0 aliphatic carbocycles. The molecule has 0 bridgehead atoms. The van der Waals surface area contributed by atoms with Crippen LogP contribution in [-0.2, 0) is 0 Å². The zero-order chi connectivity index (χ0) is 8.27. The minimum absolute atomic E-state index is 0.0431. The molecule has 6 heteroatoms. The number of rotatable bonds is 1. The van der Waals surface area contributed by atoms with Crippen molar-refractivity contribution >= 4 is 46.4 Å². The predicted molar refractivity (Wildman–Crippen MR) is 46.7 cm³/mol.